The van der Waals surface area contributed by atoms with E-state index in [0.717, 1.165) is 23.5 Å². The van der Waals surface area contributed by atoms with Crippen molar-refractivity contribution in [2.75, 3.05) is 31.5 Å². The molecule has 0 aliphatic rings. The van der Waals surface area contributed by atoms with Crippen LogP contribution in [-0.4, -0.2) is 26.6 Å². The molecule has 0 unspecified atom stereocenters. The zero-order valence-corrected chi connectivity index (χ0v) is 10.6. The van der Waals surface area contributed by atoms with E-state index in [1.54, 1.807) is 7.11 Å². The average Bonchev–Trinajstić information content (AvgIpc) is 2.17. The van der Waals surface area contributed by atoms with Crippen molar-refractivity contribution < 1.29 is 4.74 Å². The molecule has 0 fully saturated rings. The lowest BCUT2D eigenvalue weighted by molar-refractivity contribution is 0.412. The Bertz CT molecular complexity index is 339. The zero-order valence-electron chi connectivity index (χ0n) is 9.80. The summed E-state index contributed by atoms with van der Waals surface area (Å²) in [6, 6.07) is 4.25. The van der Waals surface area contributed by atoms with Gasteiger partial charge >= 0.3 is 0 Å². The van der Waals surface area contributed by atoms with Crippen LogP contribution in [0.25, 0.3) is 0 Å². The third-order valence-electron chi connectivity index (χ3n) is 2.43. The minimum atomic E-state index is 0.618. The number of hydrogen-bond donors (Lipinski definition) is 0. The van der Waals surface area contributed by atoms with Crippen molar-refractivity contribution in [3.05, 3.63) is 23.3 Å². The normalized spacial score (nSPS) is 10.2. The highest BCUT2D eigenvalue weighted by atomic mass is 35.5. The van der Waals surface area contributed by atoms with Crippen LogP contribution in [0.15, 0.2) is 12.1 Å². The van der Waals surface area contributed by atoms with E-state index in [0.29, 0.717) is 5.88 Å². The number of hydrogen-bond acceptors (Lipinski definition) is 2. The number of nitrogens with zero attached hydrogens (tertiary/aromatic N) is 1. The Labute approximate surface area is 96.8 Å². The second kappa shape index (κ2) is 5.26. The minimum absolute atomic E-state index is 0.618. The van der Waals surface area contributed by atoms with Crippen LogP contribution in [0.3, 0.4) is 0 Å². The maximum atomic E-state index is 5.74. The van der Waals surface area contributed by atoms with Crippen molar-refractivity contribution in [1.82, 2.24) is 0 Å². The van der Waals surface area contributed by atoms with Crippen molar-refractivity contribution in [3.63, 3.8) is 0 Å². The lowest BCUT2D eigenvalue weighted by atomic mass is 10.1. The highest BCUT2D eigenvalue weighted by molar-refractivity contribution is 6.18. The quantitative estimate of drug-likeness (QED) is 0.734. The van der Waals surface area contributed by atoms with E-state index >= 15 is 0 Å². The highest BCUT2D eigenvalue weighted by Gasteiger charge is 2.10. The Morgan fingerprint density at radius 2 is 2.00 bits per heavy atom. The number of halogens is 1. The van der Waals surface area contributed by atoms with E-state index in [9.17, 15) is 0 Å². The monoisotopic (exact) mass is 227 g/mol. The maximum absolute atomic E-state index is 5.74. The molecule has 0 radical (unpaired) electrons. The van der Waals surface area contributed by atoms with Crippen molar-refractivity contribution in [2.24, 2.45) is 0 Å². The lowest BCUT2D eigenvalue weighted by Gasteiger charge is -2.22. The average molecular weight is 228 g/mol. The molecule has 0 bridgehead atoms. The van der Waals surface area contributed by atoms with Gasteiger partial charge in [0.15, 0.2) is 0 Å². The first-order valence-electron chi connectivity index (χ1n) is 5.02. The van der Waals surface area contributed by atoms with E-state index < -0.39 is 0 Å². The molecule has 1 rings (SSSR count). The van der Waals surface area contributed by atoms with Gasteiger partial charge in [-0.3, -0.25) is 0 Å². The van der Waals surface area contributed by atoms with Gasteiger partial charge in [0, 0.05) is 19.5 Å². The predicted molar refractivity (Wildman–Crippen MR) is 66.5 cm³/mol. The van der Waals surface area contributed by atoms with Crippen LogP contribution in [0.1, 0.15) is 11.1 Å². The van der Waals surface area contributed by atoms with Crippen molar-refractivity contribution in [2.45, 2.75) is 13.8 Å². The smallest absolute Gasteiger partial charge is 0.145 e. The van der Waals surface area contributed by atoms with Gasteiger partial charge in [-0.1, -0.05) is 6.07 Å². The van der Waals surface area contributed by atoms with E-state index in [4.69, 9.17) is 16.3 Å². The van der Waals surface area contributed by atoms with Gasteiger partial charge in [0.2, 0.25) is 0 Å². The van der Waals surface area contributed by atoms with E-state index in [-0.39, 0.29) is 0 Å². The molecule has 1 aromatic carbocycles. The molecule has 0 amide bonds. The SMILES string of the molecule is COc1c(C)cc(C)cc1N(C)CCCl. The summed E-state index contributed by atoms with van der Waals surface area (Å²) in [6.07, 6.45) is 0. The fourth-order valence-electron chi connectivity index (χ4n) is 1.73. The van der Waals surface area contributed by atoms with Gasteiger partial charge in [0.25, 0.3) is 0 Å². The van der Waals surface area contributed by atoms with Gasteiger partial charge in [-0.15, -0.1) is 11.6 Å². The Morgan fingerprint density at radius 3 is 2.53 bits per heavy atom. The third-order valence-corrected chi connectivity index (χ3v) is 2.60. The summed E-state index contributed by atoms with van der Waals surface area (Å²) < 4.78 is 5.41. The van der Waals surface area contributed by atoms with Crippen LogP contribution in [0.2, 0.25) is 0 Å². The fourth-order valence-corrected chi connectivity index (χ4v) is 1.98. The van der Waals surface area contributed by atoms with Crippen LogP contribution in [0.5, 0.6) is 5.75 Å². The van der Waals surface area contributed by atoms with Gasteiger partial charge in [-0.25, -0.2) is 0 Å². The topological polar surface area (TPSA) is 12.5 Å². The van der Waals surface area contributed by atoms with Gasteiger partial charge in [0.1, 0.15) is 5.75 Å². The summed E-state index contributed by atoms with van der Waals surface area (Å²) in [7, 11) is 3.73. The molecule has 0 aliphatic carbocycles. The predicted octanol–water partition coefficient (Wildman–Crippen LogP) is 2.99. The molecule has 3 heteroatoms. The van der Waals surface area contributed by atoms with E-state index in [2.05, 4.69) is 30.9 Å². The van der Waals surface area contributed by atoms with Crippen LogP contribution >= 0.6 is 11.6 Å². The Morgan fingerprint density at radius 1 is 1.33 bits per heavy atom. The van der Waals surface area contributed by atoms with Crippen LogP contribution in [0, 0.1) is 13.8 Å². The Kier molecular flexibility index (Phi) is 4.28. The lowest BCUT2D eigenvalue weighted by Crippen LogP contribution is -2.20. The second-order valence-corrected chi connectivity index (χ2v) is 4.12. The molecule has 2 nitrogen and oxygen atoms in total. The fraction of sp³-hybridized carbons (Fsp3) is 0.500. The summed E-state index contributed by atoms with van der Waals surface area (Å²) in [5.74, 6) is 1.56. The number of rotatable bonds is 4. The zero-order chi connectivity index (χ0) is 11.4. The van der Waals surface area contributed by atoms with Gasteiger partial charge in [0.05, 0.1) is 12.8 Å². The maximum Gasteiger partial charge on any atom is 0.145 e. The molecule has 15 heavy (non-hydrogen) atoms. The summed E-state index contributed by atoms with van der Waals surface area (Å²) >= 11 is 5.74. The second-order valence-electron chi connectivity index (χ2n) is 3.74. The number of aryl methyl sites for hydroxylation is 2. The molecule has 0 spiro atoms. The van der Waals surface area contributed by atoms with Crippen LogP contribution < -0.4 is 9.64 Å². The standard InChI is InChI=1S/C12H18ClNO/c1-9-7-10(2)12(15-4)11(8-9)14(3)6-5-13/h7-8H,5-6H2,1-4H3. The number of benzene rings is 1. The van der Waals surface area contributed by atoms with Crippen molar-refractivity contribution in [3.8, 4) is 5.75 Å². The largest absolute Gasteiger partial charge is 0.494 e. The molecule has 84 valence electrons. The van der Waals surface area contributed by atoms with Crippen molar-refractivity contribution in [1.29, 1.82) is 0 Å². The van der Waals surface area contributed by atoms with Crippen LogP contribution in [0.4, 0.5) is 5.69 Å². The minimum Gasteiger partial charge on any atom is -0.494 e. The molecule has 0 saturated carbocycles. The van der Waals surface area contributed by atoms with Crippen molar-refractivity contribution >= 4 is 17.3 Å². The summed E-state index contributed by atoms with van der Waals surface area (Å²) in [4.78, 5) is 2.12. The van der Waals surface area contributed by atoms with Gasteiger partial charge in [-0.2, -0.15) is 0 Å². The summed E-state index contributed by atoms with van der Waals surface area (Å²) in [5, 5.41) is 0. The molecule has 0 atom stereocenters. The molecule has 0 saturated heterocycles. The number of alkyl halides is 1. The highest BCUT2D eigenvalue weighted by Crippen LogP contribution is 2.32. The molecule has 0 heterocycles. The number of anilines is 1. The molecular weight excluding hydrogens is 210 g/mol. The first kappa shape index (κ1) is 12.2. The third kappa shape index (κ3) is 2.78. The van der Waals surface area contributed by atoms with E-state index in [1.165, 1.54) is 5.56 Å². The van der Waals surface area contributed by atoms with Gasteiger partial charge in [-0.05, 0) is 31.0 Å². The Hall–Kier alpha value is -0.890. The molecule has 0 aliphatic heterocycles. The first-order chi connectivity index (χ1) is 7.10. The van der Waals surface area contributed by atoms with Gasteiger partial charge < -0.3 is 9.64 Å². The first-order valence-corrected chi connectivity index (χ1v) is 5.56. The summed E-state index contributed by atoms with van der Waals surface area (Å²) in [5.41, 5.74) is 3.51. The van der Waals surface area contributed by atoms with E-state index in [1.807, 2.05) is 7.05 Å². The Balaban J connectivity index is 3.13. The molecular formula is C12H18ClNO. The molecule has 0 N–H and O–H groups in total. The number of ether oxygens (including phenoxy) is 1. The molecule has 1 aromatic rings. The summed E-state index contributed by atoms with van der Waals surface area (Å²) in [6.45, 7) is 4.97. The molecule has 0 aromatic heterocycles. The van der Waals surface area contributed by atoms with Crippen LogP contribution in [-0.2, 0) is 0 Å². The number of methoxy groups -OCH3 is 1.